The molecule has 0 aliphatic carbocycles. The number of aryl methyl sites for hydroxylation is 1. The first-order valence-corrected chi connectivity index (χ1v) is 8.77. The van der Waals surface area contributed by atoms with Gasteiger partial charge < -0.3 is 14.0 Å². The lowest BCUT2D eigenvalue weighted by Crippen LogP contribution is -2.25. The minimum atomic E-state index is -0.437. The van der Waals surface area contributed by atoms with Gasteiger partial charge in [0.1, 0.15) is 23.1 Å². The third-order valence-electron chi connectivity index (χ3n) is 4.32. The summed E-state index contributed by atoms with van der Waals surface area (Å²) in [7, 11) is 5.15. The summed E-state index contributed by atoms with van der Waals surface area (Å²) in [6.45, 7) is 0.436. The largest absolute Gasteiger partial charge is 0.497 e. The molecule has 5 nitrogen and oxygen atoms in total. The molecule has 3 aromatic rings. The molecule has 1 heterocycles. The Kier molecular flexibility index (Phi) is 5.98. The van der Waals surface area contributed by atoms with Gasteiger partial charge in [-0.2, -0.15) is 0 Å². The number of rotatable bonds is 7. The molecule has 27 heavy (non-hydrogen) atoms. The fraction of sp³-hybridized carbons (Fsp3) is 0.250. The molecule has 0 aliphatic heterocycles. The van der Waals surface area contributed by atoms with Crippen molar-refractivity contribution in [2.24, 2.45) is 7.05 Å². The van der Waals surface area contributed by atoms with Gasteiger partial charge in [-0.15, -0.1) is 0 Å². The maximum Gasteiger partial charge on any atom is 0.142 e. The maximum absolute atomic E-state index is 13.8. The summed E-state index contributed by atoms with van der Waals surface area (Å²) >= 11 is 5.77. The van der Waals surface area contributed by atoms with Crippen LogP contribution < -0.4 is 14.8 Å². The Bertz CT molecular complexity index is 907. The highest BCUT2D eigenvalue weighted by Gasteiger charge is 2.20. The van der Waals surface area contributed by atoms with E-state index in [0.717, 1.165) is 17.0 Å². The van der Waals surface area contributed by atoms with Crippen LogP contribution in [0.4, 0.5) is 4.39 Å². The van der Waals surface area contributed by atoms with Crippen LogP contribution in [-0.4, -0.2) is 23.8 Å². The van der Waals surface area contributed by atoms with Crippen molar-refractivity contribution in [1.82, 2.24) is 14.9 Å². The van der Waals surface area contributed by atoms with Crippen molar-refractivity contribution >= 4 is 11.6 Å². The lowest BCUT2D eigenvalue weighted by molar-refractivity contribution is 0.392. The lowest BCUT2D eigenvalue weighted by Gasteiger charge is -2.21. The predicted octanol–water partition coefficient (Wildman–Crippen LogP) is 4.11. The van der Waals surface area contributed by atoms with Gasteiger partial charge in [0, 0.05) is 32.1 Å². The maximum atomic E-state index is 13.8. The van der Waals surface area contributed by atoms with Gasteiger partial charge in [0.2, 0.25) is 0 Å². The fourth-order valence-electron chi connectivity index (χ4n) is 2.88. The van der Waals surface area contributed by atoms with Crippen LogP contribution in [0.15, 0.2) is 48.8 Å². The number of imidazole rings is 1. The summed E-state index contributed by atoms with van der Waals surface area (Å²) in [4.78, 5) is 4.47. The number of nitrogens with zero attached hydrogens (tertiary/aromatic N) is 2. The minimum absolute atomic E-state index is 0.108. The monoisotopic (exact) mass is 389 g/mol. The highest BCUT2D eigenvalue weighted by atomic mass is 35.5. The summed E-state index contributed by atoms with van der Waals surface area (Å²) in [6, 6.07) is 10.2. The van der Waals surface area contributed by atoms with Crippen LogP contribution in [0, 0.1) is 5.82 Å². The van der Waals surface area contributed by atoms with Gasteiger partial charge in [0.25, 0.3) is 0 Å². The van der Waals surface area contributed by atoms with Gasteiger partial charge in [-0.1, -0.05) is 17.7 Å². The van der Waals surface area contributed by atoms with Gasteiger partial charge in [0.05, 0.1) is 25.3 Å². The van der Waals surface area contributed by atoms with Crippen LogP contribution in [0.5, 0.6) is 11.5 Å². The van der Waals surface area contributed by atoms with Gasteiger partial charge in [0.15, 0.2) is 0 Å². The summed E-state index contributed by atoms with van der Waals surface area (Å²) in [5.74, 6) is 1.75. The van der Waals surface area contributed by atoms with Gasteiger partial charge in [-0.3, -0.25) is 5.32 Å². The van der Waals surface area contributed by atoms with Crippen molar-refractivity contribution in [2.75, 3.05) is 14.2 Å². The average Bonchev–Trinajstić information content (AvgIpc) is 3.10. The number of halogens is 2. The van der Waals surface area contributed by atoms with E-state index >= 15 is 0 Å². The molecule has 2 aromatic carbocycles. The fourth-order valence-corrected chi connectivity index (χ4v) is 3.00. The van der Waals surface area contributed by atoms with E-state index in [4.69, 9.17) is 21.1 Å². The van der Waals surface area contributed by atoms with Crippen LogP contribution in [-0.2, 0) is 13.6 Å². The molecule has 1 unspecified atom stereocenters. The third kappa shape index (κ3) is 4.40. The molecule has 0 saturated heterocycles. The van der Waals surface area contributed by atoms with Crippen molar-refractivity contribution in [3.8, 4) is 11.5 Å². The second-order valence-corrected chi connectivity index (χ2v) is 6.51. The molecular formula is C20H21ClFN3O2. The van der Waals surface area contributed by atoms with Crippen LogP contribution in [0.2, 0.25) is 5.02 Å². The van der Waals surface area contributed by atoms with E-state index in [2.05, 4.69) is 10.3 Å². The number of aromatic nitrogens is 2. The Morgan fingerprint density at radius 2 is 1.85 bits per heavy atom. The van der Waals surface area contributed by atoms with Gasteiger partial charge in [-0.05, 0) is 35.4 Å². The lowest BCUT2D eigenvalue weighted by atomic mass is 10.0. The van der Waals surface area contributed by atoms with E-state index < -0.39 is 5.82 Å². The Morgan fingerprint density at radius 3 is 2.41 bits per heavy atom. The van der Waals surface area contributed by atoms with Crippen molar-refractivity contribution in [2.45, 2.75) is 12.6 Å². The molecule has 0 spiro atoms. The molecule has 1 aromatic heterocycles. The van der Waals surface area contributed by atoms with E-state index in [1.54, 1.807) is 32.5 Å². The second kappa shape index (κ2) is 8.41. The topological polar surface area (TPSA) is 48.3 Å². The van der Waals surface area contributed by atoms with Crippen LogP contribution >= 0.6 is 11.6 Å². The van der Waals surface area contributed by atoms with Crippen molar-refractivity contribution < 1.29 is 13.9 Å². The molecule has 7 heteroatoms. The molecule has 0 radical (unpaired) electrons. The van der Waals surface area contributed by atoms with Gasteiger partial charge in [-0.25, -0.2) is 9.37 Å². The van der Waals surface area contributed by atoms with Crippen LogP contribution in [0.25, 0.3) is 0 Å². The van der Waals surface area contributed by atoms with E-state index in [-0.39, 0.29) is 11.1 Å². The van der Waals surface area contributed by atoms with Crippen molar-refractivity contribution in [3.63, 3.8) is 0 Å². The Hall–Kier alpha value is -2.57. The molecule has 1 atom stereocenters. The predicted molar refractivity (Wildman–Crippen MR) is 103 cm³/mol. The SMILES string of the molecule is COc1cc(OC)cc(C(NCc2ccc(Cl)c(F)c2)c2nccn2C)c1. The molecule has 3 rings (SSSR count). The second-order valence-electron chi connectivity index (χ2n) is 6.10. The number of ether oxygens (including phenoxy) is 2. The summed E-state index contributed by atoms with van der Waals surface area (Å²) < 4.78 is 26.5. The molecule has 1 N–H and O–H groups in total. The number of hydrogen-bond acceptors (Lipinski definition) is 4. The normalized spacial score (nSPS) is 12.0. The van der Waals surface area contributed by atoms with Crippen molar-refractivity contribution in [3.05, 3.63) is 76.6 Å². The van der Waals surface area contributed by atoms with Crippen molar-refractivity contribution in [1.29, 1.82) is 0 Å². The first-order chi connectivity index (χ1) is 13.0. The zero-order chi connectivity index (χ0) is 19.4. The first kappa shape index (κ1) is 19.2. The molecule has 0 aliphatic rings. The van der Waals surface area contributed by atoms with Crippen LogP contribution in [0.1, 0.15) is 23.0 Å². The highest BCUT2D eigenvalue weighted by molar-refractivity contribution is 6.30. The standard InChI is InChI=1S/C20H21ClFN3O2/c1-25-7-6-23-20(25)19(14-9-15(26-2)11-16(10-14)27-3)24-12-13-4-5-17(21)18(22)8-13/h4-11,19,24H,12H2,1-3H3. The molecule has 142 valence electrons. The molecular weight excluding hydrogens is 369 g/mol. The average molecular weight is 390 g/mol. The quantitative estimate of drug-likeness (QED) is 0.660. The number of methoxy groups -OCH3 is 2. The zero-order valence-electron chi connectivity index (χ0n) is 15.4. The zero-order valence-corrected chi connectivity index (χ0v) is 16.1. The number of hydrogen-bond donors (Lipinski definition) is 1. The van der Waals surface area contributed by atoms with Crippen LogP contribution in [0.3, 0.4) is 0 Å². The Morgan fingerprint density at radius 1 is 1.15 bits per heavy atom. The summed E-state index contributed by atoms with van der Waals surface area (Å²) in [5.41, 5.74) is 1.71. The first-order valence-electron chi connectivity index (χ1n) is 8.39. The van der Waals surface area contributed by atoms with E-state index in [9.17, 15) is 4.39 Å². The third-order valence-corrected chi connectivity index (χ3v) is 4.62. The van der Waals surface area contributed by atoms with E-state index in [0.29, 0.717) is 18.0 Å². The molecule has 0 amide bonds. The Labute approximate surface area is 162 Å². The molecule has 0 bridgehead atoms. The van der Waals surface area contributed by atoms with Gasteiger partial charge >= 0.3 is 0 Å². The van der Waals surface area contributed by atoms with E-state index in [1.807, 2.05) is 36.0 Å². The smallest absolute Gasteiger partial charge is 0.142 e. The molecule has 0 saturated carbocycles. The van der Waals surface area contributed by atoms with E-state index in [1.165, 1.54) is 6.07 Å². The summed E-state index contributed by atoms with van der Waals surface area (Å²) in [6.07, 6.45) is 3.62. The number of nitrogens with one attached hydrogen (secondary N) is 1. The highest BCUT2D eigenvalue weighted by Crippen LogP contribution is 2.29. The Balaban J connectivity index is 1.94. The number of benzene rings is 2. The molecule has 0 fully saturated rings. The minimum Gasteiger partial charge on any atom is -0.497 e. The summed E-state index contributed by atoms with van der Waals surface area (Å²) in [5, 5.41) is 3.55.